The molecule has 1 fully saturated rings. The Morgan fingerprint density at radius 1 is 1.67 bits per heavy atom. The van der Waals surface area contributed by atoms with E-state index in [1.807, 2.05) is 7.05 Å². The fourth-order valence-electron chi connectivity index (χ4n) is 1.63. The predicted molar refractivity (Wildman–Crippen MR) is 44.7 cm³/mol. The van der Waals surface area contributed by atoms with Crippen LogP contribution in [0.1, 0.15) is 20.3 Å². The molecule has 4 nitrogen and oxygen atoms in total. The van der Waals surface area contributed by atoms with Gasteiger partial charge in [0.05, 0.1) is 7.05 Å². The van der Waals surface area contributed by atoms with Crippen LogP contribution in [0.5, 0.6) is 0 Å². The molecule has 0 aromatic rings. The zero-order valence-electron chi connectivity index (χ0n) is 7.90. The molecule has 0 bridgehead atoms. The molecular formula is C8H17N2O2+. The molecule has 1 rings (SSSR count). The second-order valence-corrected chi connectivity index (χ2v) is 3.79. The quantitative estimate of drug-likeness (QED) is 0.469. The fourth-order valence-corrected chi connectivity index (χ4v) is 1.63. The van der Waals surface area contributed by atoms with E-state index in [9.17, 15) is 9.90 Å². The molecule has 4 heteroatoms. The topological polar surface area (TPSA) is 40.5 Å². The maximum absolute atomic E-state index is 10.7. The highest BCUT2D eigenvalue weighted by atomic mass is 16.3. The fraction of sp³-hybridized carbons (Fsp3) is 0.875. The van der Waals surface area contributed by atoms with E-state index in [1.54, 1.807) is 0 Å². The van der Waals surface area contributed by atoms with Gasteiger partial charge in [0.25, 0.3) is 6.41 Å². The summed E-state index contributed by atoms with van der Waals surface area (Å²) in [6.07, 6.45) is 0.806. The minimum Gasteiger partial charge on any atom is -0.369 e. The summed E-state index contributed by atoms with van der Waals surface area (Å²) in [4.78, 5) is 10.7. The highest BCUT2D eigenvalue weighted by Gasteiger charge is 2.43. The maximum Gasteiger partial charge on any atom is 0.258 e. The summed E-state index contributed by atoms with van der Waals surface area (Å²) < 4.78 is 0.519. The van der Waals surface area contributed by atoms with Gasteiger partial charge in [0, 0.05) is 6.42 Å². The molecule has 70 valence electrons. The lowest BCUT2D eigenvalue weighted by Crippen LogP contribution is -2.58. The van der Waals surface area contributed by atoms with Crippen molar-refractivity contribution in [1.29, 1.82) is 0 Å². The number of rotatable bonds is 2. The predicted octanol–water partition coefficient (Wildman–Crippen LogP) is -0.0631. The number of aliphatic hydroxyl groups is 1. The smallest absolute Gasteiger partial charge is 0.258 e. The number of hydrogen-bond acceptors (Lipinski definition) is 2. The van der Waals surface area contributed by atoms with Crippen molar-refractivity contribution in [3.63, 3.8) is 0 Å². The average Bonchev–Trinajstić information content (AvgIpc) is 2.29. The van der Waals surface area contributed by atoms with Crippen molar-refractivity contribution >= 4 is 6.41 Å². The molecule has 0 radical (unpaired) electrons. The normalized spacial score (nSPS) is 36.1. The number of amides is 1. The third-order valence-electron chi connectivity index (χ3n) is 2.89. The highest BCUT2D eigenvalue weighted by Crippen LogP contribution is 2.25. The molecule has 1 amide bonds. The van der Waals surface area contributed by atoms with Crippen molar-refractivity contribution in [2.45, 2.75) is 32.5 Å². The standard InChI is InChI=1S/C8H17N2O2/c1-7(2)10(3)5-4-8(12)9(10)6-11/h6-8,12H,4-5H2,1-3H3/q+1/t8-,10-/m0/s1. The maximum atomic E-state index is 10.7. The first-order valence-corrected chi connectivity index (χ1v) is 4.29. The van der Waals surface area contributed by atoms with Crippen LogP contribution in [0.2, 0.25) is 0 Å². The largest absolute Gasteiger partial charge is 0.369 e. The SMILES string of the molecule is CC(C)[N@+]1(C)CC[C@H](O)N1C=O. The lowest BCUT2D eigenvalue weighted by atomic mass is 10.3. The molecule has 0 saturated carbocycles. The van der Waals surface area contributed by atoms with Crippen LogP contribution in [-0.2, 0) is 4.79 Å². The van der Waals surface area contributed by atoms with E-state index in [1.165, 1.54) is 5.01 Å². The minimum absolute atomic E-state index is 0.326. The van der Waals surface area contributed by atoms with E-state index < -0.39 is 6.23 Å². The lowest BCUT2D eigenvalue weighted by molar-refractivity contribution is -1.01. The van der Waals surface area contributed by atoms with Crippen LogP contribution < -0.4 is 0 Å². The third-order valence-corrected chi connectivity index (χ3v) is 2.89. The van der Waals surface area contributed by atoms with Crippen molar-refractivity contribution in [2.24, 2.45) is 0 Å². The van der Waals surface area contributed by atoms with Crippen LogP contribution in [-0.4, -0.2) is 47.0 Å². The first kappa shape index (κ1) is 9.48. The summed E-state index contributed by atoms with van der Waals surface area (Å²) in [7, 11) is 1.97. The number of carbonyl (C=O) groups excluding carboxylic acids is 1. The Balaban J connectivity index is 2.84. The molecule has 2 atom stereocenters. The Labute approximate surface area is 72.9 Å². The van der Waals surface area contributed by atoms with E-state index in [-0.39, 0.29) is 0 Å². The number of hydrogen-bond donors (Lipinski definition) is 1. The Morgan fingerprint density at radius 2 is 2.25 bits per heavy atom. The zero-order valence-corrected chi connectivity index (χ0v) is 7.90. The molecule has 1 N–H and O–H groups in total. The molecule has 1 aliphatic rings. The van der Waals surface area contributed by atoms with E-state index in [0.29, 0.717) is 17.1 Å². The van der Waals surface area contributed by atoms with Crippen molar-refractivity contribution < 1.29 is 14.5 Å². The van der Waals surface area contributed by atoms with Gasteiger partial charge in [-0.3, -0.25) is 4.79 Å². The molecule has 0 unspecified atom stereocenters. The van der Waals surface area contributed by atoms with Crippen molar-refractivity contribution in [2.75, 3.05) is 13.6 Å². The Kier molecular flexibility index (Phi) is 2.39. The summed E-state index contributed by atoms with van der Waals surface area (Å²) in [6, 6.07) is 0.326. The molecule has 0 aromatic heterocycles. The molecule has 0 spiro atoms. The van der Waals surface area contributed by atoms with Gasteiger partial charge in [-0.1, -0.05) is 0 Å². The van der Waals surface area contributed by atoms with Crippen molar-refractivity contribution in [1.82, 2.24) is 5.01 Å². The van der Waals surface area contributed by atoms with Crippen LogP contribution in [0.4, 0.5) is 0 Å². The van der Waals surface area contributed by atoms with Gasteiger partial charge < -0.3 is 5.11 Å². The van der Waals surface area contributed by atoms with Gasteiger partial charge in [0.15, 0.2) is 6.23 Å². The summed E-state index contributed by atoms with van der Waals surface area (Å²) >= 11 is 0. The van der Waals surface area contributed by atoms with Crippen LogP contribution in [0.3, 0.4) is 0 Å². The van der Waals surface area contributed by atoms with Gasteiger partial charge in [0.1, 0.15) is 12.6 Å². The monoisotopic (exact) mass is 173 g/mol. The van der Waals surface area contributed by atoms with Crippen LogP contribution in [0, 0.1) is 0 Å². The van der Waals surface area contributed by atoms with Gasteiger partial charge in [-0.25, -0.2) is 4.59 Å². The molecule has 12 heavy (non-hydrogen) atoms. The van der Waals surface area contributed by atoms with E-state index in [4.69, 9.17) is 0 Å². The van der Waals surface area contributed by atoms with E-state index >= 15 is 0 Å². The van der Waals surface area contributed by atoms with Gasteiger partial charge in [-0.15, -0.1) is 0 Å². The van der Waals surface area contributed by atoms with Gasteiger partial charge in [-0.2, -0.15) is 5.01 Å². The van der Waals surface area contributed by atoms with E-state index in [2.05, 4.69) is 13.8 Å². The molecule has 0 aromatic carbocycles. The summed E-state index contributed by atoms with van der Waals surface area (Å²) in [5, 5.41) is 10.9. The van der Waals surface area contributed by atoms with Crippen molar-refractivity contribution in [3.8, 4) is 0 Å². The van der Waals surface area contributed by atoms with Crippen LogP contribution in [0.15, 0.2) is 0 Å². The summed E-state index contributed by atoms with van der Waals surface area (Å²) in [5.41, 5.74) is 0. The number of nitrogens with zero attached hydrogens (tertiary/aromatic N) is 2. The third kappa shape index (κ3) is 1.21. The number of quaternary nitrogens is 1. The second kappa shape index (κ2) is 3.03. The van der Waals surface area contributed by atoms with Gasteiger partial charge in [0.2, 0.25) is 0 Å². The van der Waals surface area contributed by atoms with Gasteiger partial charge in [-0.05, 0) is 13.8 Å². The first-order valence-electron chi connectivity index (χ1n) is 4.29. The van der Waals surface area contributed by atoms with Crippen LogP contribution in [0.25, 0.3) is 0 Å². The Morgan fingerprint density at radius 3 is 2.58 bits per heavy atom. The molecule has 0 aliphatic carbocycles. The van der Waals surface area contributed by atoms with E-state index in [0.717, 1.165) is 13.0 Å². The Bertz CT molecular complexity index is 184. The summed E-state index contributed by atoms with van der Waals surface area (Å²) in [6.45, 7) is 4.93. The summed E-state index contributed by atoms with van der Waals surface area (Å²) in [5.74, 6) is 0. The van der Waals surface area contributed by atoms with Crippen molar-refractivity contribution in [3.05, 3.63) is 0 Å². The molecular weight excluding hydrogens is 156 g/mol. The molecule has 1 heterocycles. The lowest BCUT2D eigenvalue weighted by Gasteiger charge is -2.38. The molecule has 1 saturated heterocycles. The highest BCUT2D eigenvalue weighted by molar-refractivity contribution is 5.45. The van der Waals surface area contributed by atoms with Gasteiger partial charge >= 0.3 is 0 Å². The van der Waals surface area contributed by atoms with Crippen LogP contribution >= 0.6 is 0 Å². The molecule has 1 aliphatic heterocycles. The first-order chi connectivity index (χ1) is 5.52. The zero-order chi connectivity index (χ0) is 9.35. The average molecular weight is 173 g/mol. The Hall–Kier alpha value is -0.610. The number of carbonyl (C=O) groups is 1. The number of aliphatic hydroxyl groups excluding tert-OH is 1. The second-order valence-electron chi connectivity index (χ2n) is 3.79. The minimum atomic E-state index is -0.602.